The van der Waals surface area contributed by atoms with Crippen molar-refractivity contribution in [3.05, 3.63) is 211 Å². The molecule has 0 spiro atoms. The van der Waals surface area contributed by atoms with Crippen LogP contribution in [0.15, 0.2) is 200 Å². The predicted octanol–water partition coefficient (Wildman–Crippen LogP) is 10.3. The Kier molecular flexibility index (Phi) is 12.6. The van der Waals surface area contributed by atoms with Gasteiger partial charge in [-0.2, -0.15) is 23.6 Å². The van der Waals surface area contributed by atoms with Gasteiger partial charge in [-0.05, 0) is 42.5 Å². The van der Waals surface area contributed by atoms with Crippen LogP contribution in [0.5, 0.6) is 0 Å². The van der Waals surface area contributed by atoms with Gasteiger partial charge in [0.05, 0.1) is 0 Å². The first-order chi connectivity index (χ1) is 22.3. The summed E-state index contributed by atoms with van der Waals surface area (Å²) in [5.74, 6) is 0. The third kappa shape index (κ3) is 9.20. The van der Waals surface area contributed by atoms with Gasteiger partial charge in [-0.3, -0.25) is 0 Å². The van der Waals surface area contributed by atoms with Gasteiger partial charge in [-0.25, -0.2) is 0 Å². The van der Waals surface area contributed by atoms with E-state index in [9.17, 15) is 0 Å². The molecule has 0 aromatic heterocycles. The number of hydrogen-bond donors (Lipinski definition) is 0. The molecule has 0 nitrogen and oxygen atoms in total. The fourth-order valence-corrected chi connectivity index (χ4v) is 7.88. The maximum atomic E-state index is 2.35. The minimum atomic E-state index is -0.493. The summed E-state index contributed by atoms with van der Waals surface area (Å²) in [6.45, 7) is 0. The third-order valence-corrected chi connectivity index (χ3v) is 10.2. The van der Waals surface area contributed by atoms with Crippen LogP contribution in [0.4, 0.5) is 0 Å². The first-order valence-corrected chi connectivity index (χ1v) is 16.9. The van der Waals surface area contributed by atoms with Gasteiger partial charge in [0.1, 0.15) is 0 Å². The van der Waals surface area contributed by atoms with Crippen molar-refractivity contribution >= 4 is 45.4 Å². The molecule has 0 radical (unpaired) electrons. The monoisotopic (exact) mass is 776 g/mol. The zero-order valence-corrected chi connectivity index (χ0v) is 30.4. The van der Waals surface area contributed by atoms with E-state index in [2.05, 4.69) is 200 Å². The minimum absolute atomic E-state index is 0. The van der Waals surface area contributed by atoms with Crippen molar-refractivity contribution in [3.8, 4) is 0 Å². The molecule has 8 rings (SSSR count). The van der Waals surface area contributed by atoms with Crippen LogP contribution in [0.25, 0.3) is 21.5 Å². The Labute approximate surface area is 293 Å². The summed E-state index contributed by atoms with van der Waals surface area (Å²) >= 11 is 0. The molecule has 0 N–H and O–H groups in total. The Morgan fingerprint density at radius 3 is 1.35 bits per heavy atom. The second-order valence-electron chi connectivity index (χ2n) is 11.0. The van der Waals surface area contributed by atoms with Crippen molar-refractivity contribution in [1.29, 1.82) is 0 Å². The molecule has 224 valence electrons. The van der Waals surface area contributed by atoms with E-state index >= 15 is 0 Å². The van der Waals surface area contributed by atoms with Crippen molar-refractivity contribution in [3.63, 3.8) is 0 Å². The normalized spacial score (nSPS) is 10.4. The molecule has 8 aromatic rings. The van der Waals surface area contributed by atoms with Crippen LogP contribution >= 0.6 is 7.92 Å². The first kappa shape index (κ1) is 33.2. The van der Waals surface area contributed by atoms with Gasteiger partial charge in [0.2, 0.25) is 0 Å². The molecule has 0 fully saturated rings. The second-order valence-corrected chi connectivity index (χ2v) is 13.2. The maximum Gasteiger partial charge on any atom is 0 e. The van der Waals surface area contributed by atoms with Gasteiger partial charge in [-0.15, -0.1) is 70.0 Å². The van der Waals surface area contributed by atoms with Crippen molar-refractivity contribution in [1.82, 2.24) is 0 Å². The van der Waals surface area contributed by atoms with Gasteiger partial charge < -0.3 is 0 Å². The topological polar surface area (TPSA) is 0 Å². The van der Waals surface area contributed by atoms with Crippen LogP contribution in [0.1, 0.15) is 11.1 Å². The Balaban J connectivity index is 0.000000148. The molecular formula is C44H37HfP-2. The number of rotatable bonds is 6. The van der Waals surface area contributed by atoms with E-state index in [1.165, 1.54) is 48.6 Å². The van der Waals surface area contributed by atoms with E-state index in [1.807, 2.05) is 0 Å². The van der Waals surface area contributed by atoms with Crippen LogP contribution < -0.4 is 15.9 Å². The average Bonchev–Trinajstić information content (AvgIpc) is 3.78. The molecule has 0 unspecified atom stereocenters. The Morgan fingerprint density at radius 2 is 0.848 bits per heavy atom. The molecule has 46 heavy (non-hydrogen) atoms. The largest absolute Gasteiger partial charge is 0.168 e. The maximum absolute atomic E-state index is 2.35. The molecule has 0 amide bonds. The Bertz CT molecular complexity index is 1850. The molecule has 0 saturated carbocycles. The summed E-state index contributed by atoms with van der Waals surface area (Å²) in [7, 11) is -0.493. The van der Waals surface area contributed by atoms with E-state index in [0.717, 1.165) is 12.8 Å². The Morgan fingerprint density at radius 1 is 0.413 bits per heavy atom. The zero-order valence-electron chi connectivity index (χ0n) is 25.9. The smallest absolute Gasteiger partial charge is 0 e. The summed E-state index contributed by atoms with van der Waals surface area (Å²) in [6, 6.07) is 70.9. The van der Waals surface area contributed by atoms with Crippen molar-refractivity contribution in [2.45, 2.75) is 12.8 Å². The van der Waals surface area contributed by atoms with Crippen LogP contribution in [0, 0.1) is 0 Å². The number of hydrogen-bond acceptors (Lipinski definition) is 0. The van der Waals surface area contributed by atoms with Crippen LogP contribution in [0.2, 0.25) is 0 Å². The van der Waals surface area contributed by atoms with E-state index < -0.39 is 7.92 Å². The fraction of sp³-hybridized carbons (Fsp3) is 0.0455. The molecule has 0 heterocycles. The number of benzene rings is 6. The van der Waals surface area contributed by atoms with Gasteiger partial charge in [0.25, 0.3) is 0 Å². The van der Waals surface area contributed by atoms with Gasteiger partial charge in [0, 0.05) is 25.8 Å². The van der Waals surface area contributed by atoms with E-state index in [0.29, 0.717) is 0 Å². The summed E-state index contributed by atoms with van der Waals surface area (Å²) in [5, 5.41) is 9.55. The van der Waals surface area contributed by atoms with E-state index in [4.69, 9.17) is 0 Å². The molecule has 0 aliphatic heterocycles. The summed E-state index contributed by atoms with van der Waals surface area (Å²) < 4.78 is 0. The summed E-state index contributed by atoms with van der Waals surface area (Å²) in [5.41, 5.74) is 2.83. The second kappa shape index (κ2) is 17.5. The van der Waals surface area contributed by atoms with E-state index in [1.54, 1.807) is 0 Å². The fourth-order valence-electron chi connectivity index (χ4n) is 5.51. The van der Waals surface area contributed by atoms with Crippen molar-refractivity contribution in [2.24, 2.45) is 0 Å². The van der Waals surface area contributed by atoms with E-state index in [-0.39, 0.29) is 25.8 Å². The molecule has 0 aliphatic rings. The molecular weight excluding hydrogens is 738 g/mol. The van der Waals surface area contributed by atoms with Gasteiger partial charge in [0.15, 0.2) is 0 Å². The van der Waals surface area contributed by atoms with Gasteiger partial charge >= 0.3 is 0 Å². The summed E-state index contributed by atoms with van der Waals surface area (Å²) in [4.78, 5) is 0. The zero-order chi connectivity index (χ0) is 30.5. The quantitative estimate of drug-likeness (QED) is 0.0897. The molecule has 0 aliphatic carbocycles. The first-order valence-electron chi connectivity index (χ1n) is 15.6. The molecule has 0 bridgehead atoms. The molecule has 0 atom stereocenters. The van der Waals surface area contributed by atoms with Gasteiger partial charge in [-0.1, -0.05) is 133 Å². The van der Waals surface area contributed by atoms with Crippen LogP contribution in [-0.4, -0.2) is 0 Å². The van der Waals surface area contributed by atoms with Crippen LogP contribution in [-0.2, 0) is 38.7 Å². The molecule has 2 heteroatoms. The van der Waals surface area contributed by atoms with Crippen molar-refractivity contribution < 1.29 is 25.8 Å². The minimum Gasteiger partial charge on any atom is -0.168 e. The SMILES string of the molecule is [Hf].c1ccc(CCc2ccccc2)cc1.c1ccc(P(c2ccccc2)c2cc3ccccc3[cH-]2)cc1.c1ccc2[cH-]ccc2c1. The number of fused-ring (bicyclic) bond motifs is 2. The molecule has 0 saturated heterocycles. The number of aryl methyl sites for hydroxylation is 2. The summed E-state index contributed by atoms with van der Waals surface area (Å²) in [6.07, 6.45) is 2.26. The van der Waals surface area contributed by atoms with Crippen LogP contribution in [0.3, 0.4) is 0 Å². The Hall–Kier alpha value is -4.16. The third-order valence-electron chi connectivity index (χ3n) is 7.83. The average molecular weight is 775 g/mol. The standard InChI is InChI=1S/C21H16P.C14H14.C9H7.Hf/c1-3-11-19(12-4-1)22(20-13-5-2-6-14-20)21-15-17-9-7-8-10-18(17)16-21;1-3-7-13(8-4-1)11-12-14-9-5-2-6-10-14;1-2-5-9-7-3-6-8(9)4-1;/h1-16H;1-10H,11-12H2;1-7H;/q-1;;-1;. The predicted molar refractivity (Wildman–Crippen MR) is 198 cm³/mol. The molecule has 8 aromatic carbocycles. The van der Waals surface area contributed by atoms with Crippen molar-refractivity contribution in [2.75, 3.05) is 0 Å².